The summed E-state index contributed by atoms with van der Waals surface area (Å²) in [6.45, 7) is 0. The molecule has 1 heterocycles. The summed E-state index contributed by atoms with van der Waals surface area (Å²) < 4.78 is 1.27. The molecule has 1 aromatic heterocycles. The van der Waals surface area contributed by atoms with E-state index in [9.17, 15) is 0 Å². The van der Waals surface area contributed by atoms with Gasteiger partial charge in [0.25, 0.3) is 0 Å². The van der Waals surface area contributed by atoms with Crippen molar-refractivity contribution in [2.45, 2.75) is 0 Å². The predicted molar refractivity (Wildman–Crippen MR) is 28.5 cm³/mol. The van der Waals surface area contributed by atoms with Gasteiger partial charge in [0.2, 0.25) is 0 Å². The molecule has 38 valence electrons. The van der Waals surface area contributed by atoms with Crippen LogP contribution in [0.5, 0.6) is 0 Å². The minimum absolute atomic E-state index is 0.412. The lowest BCUT2D eigenvalue weighted by Crippen LogP contribution is -1.64. The van der Waals surface area contributed by atoms with Crippen LogP contribution >= 0.6 is 23.4 Å². The number of halogens is 2. The molecule has 0 spiro atoms. The lowest BCUT2D eigenvalue weighted by molar-refractivity contribution is 1.21. The second kappa shape index (κ2) is 1.72. The zero-order chi connectivity index (χ0) is 5.28. The first kappa shape index (κ1) is 4.94. The molecule has 7 heavy (non-hydrogen) atoms. The van der Waals surface area contributed by atoms with E-state index in [1.807, 2.05) is 0 Å². The van der Waals surface area contributed by atoms with Crippen molar-refractivity contribution in [1.82, 2.24) is 9.07 Å². The topological polar surface area (TPSA) is 17.8 Å². The normalized spacial score (nSPS) is 9.43. The van der Waals surface area contributed by atoms with Crippen LogP contribution in [-0.2, 0) is 0 Å². The van der Waals surface area contributed by atoms with E-state index in [0.29, 0.717) is 5.15 Å². The maximum Gasteiger partial charge on any atom is 0.148 e. The Hall–Kier alpha value is -0.210. The molecule has 0 atom stereocenters. The SMILES string of the molecule is Clc1cn(Cl)cn1. The Morgan fingerprint density at radius 3 is 2.57 bits per heavy atom. The van der Waals surface area contributed by atoms with Gasteiger partial charge in [-0.2, -0.15) is 0 Å². The third kappa shape index (κ3) is 1.08. The molecular weight excluding hydrogens is 135 g/mol. The molecule has 0 radical (unpaired) electrons. The summed E-state index contributed by atoms with van der Waals surface area (Å²) in [7, 11) is 0. The molecule has 0 aliphatic rings. The molecule has 0 aromatic carbocycles. The first-order valence-corrected chi connectivity index (χ1v) is 2.36. The molecule has 0 N–H and O–H groups in total. The average molecular weight is 137 g/mol. The van der Waals surface area contributed by atoms with Crippen LogP contribution in [0.1, 0.15) is 0 Å². The largest absolute Gasteiger partial charge is 0.247 e. The fraction of sp³-hybridized carbons (Fsp3) is 0. The quantitative estimate of drug-likeness (QED) is 0.530. The second-order valence-electron chi connectivity index (χ2n) is 1.04. The molecule has 0 aliphatic heterocycles. The number of rotatable bonds is 0. The van der Waals surface area contributed by atoms with Gasteiger partial charge in [0.1, 0.15) is 11.5 Å². The highest BCUT2D eigenvalue weighted by molar-refractivity contribution is 6.29. The van der Waals surface area contributed by atoms with E-state index < -0.39 is 0 Å². The summed E-state index contributed by atoms with van der Waals surface area (Å²) in [5.74, 6) is 0. The van der Waals surface area contributed by atoms with E-state index in [-0.39, 0.29) is 0 Å². The maximum atomic E-state index is 5.34. The molecule has 0 unspecified atom stereocenters. The maximum absolute atomic E-state index is 5.34. The van der Waals surface area contributed by atoms with Gasteiger partial charge < -0.3 is 0 Å². The van der Waals surface area contributed by atoms with Gasteiger partial charge >= 0.3 is 0 Å². The highest BCUT2D eigenvalue weighted by Crippen LogP contribution is 2.02. The Morgan fingerprint density at radius 2 is 2.43 bits per heavy atom. The Kier molecular flexibility index (Phi) is 1.21. The van der Waals surface area contributed by atoms with Gasteiger partial charge in [-0.3, -0.25) is 0 Å². The molecule has 1 aromatic rings. The molecule has 0 bridgehead atoms. The van der Waals surface area contributed by atoms with E-state index in [1.165, 1.54) is 16.6 Å². The molecule has 0 fully saturated rings. The van der Waals surface area contributed by atoms with Crippen LogP contribution in [-0.4, -0.2) is 9.07 Å². The van der Waals surface area contributed by atoms with Crippen LogP contribution in [0, 0.1) is 0 Å². The van der Waals surface area contributed by atoms with E-state index in [0.717, 1.165) is 0 Å². The molecule has 0 aliphatic carbocycles. The smallest absolute Gasteiger partial charge is 0.148 e. The Morgan fingerprint density at radius 1 is 1.71 bits per heavy atom. The van der Waals surface area contributed by atoms with Crippen molar-refractivity contribution < 1.29 is 0 Å². The van der Waals surface area contributed by atoms with Crippen molar-refractivity contribution >= 4 is 23.4 Å². The van der Waals surface area contributed by atoms with Crippen LogP contribution in [0.4, 0.5) is 0 Å². The third-order valence-electron chi connectivity index (χ3n) is 0.521. The van der Waals surface area contributed by atoms with Crippen LogP contribution in [0.25, 0.3) is 0 Å². The Bertz CT molecular complexity index is 143. The summed E-state index contributed by atoms with van der Waals surface area (Å²) in [6.07, 6.45) is 2.92. The van der Waals surface area contributed by atoms with Gasteiger partial charge in [-0.05, 0) is 0 Å². The third-order valence-corrected chi connectivity index (χ3v) is 0.901. The lowest BCUT2D eigenvalue weighted by Gasteiger charge is -1.72. The second-order valence-corrected chi connectivity index (χ2v) is 1.82. The van der Waals surface area contributed by atoms with Crippen molar-refractivity contribution in [3.63, 3.8) is 0 Å². The highest BCUT2D eigenvalue weighted by Gasteiger charge is 1.86. The molecule has 2 nitrogen and oxygen atoms in total. The summed E-state index contributed by atoms with van der Waals surface area (Å²) in [6, 6.07) is 0. The van der Waals surface area contributed by atoms with Crippen molar-refractivity contribution in [3.05, 3.63) is 17.7 Å². The molecule has 4 heteroatoms. The number of imidazole rings is 1. The predicted octanol–water partition coefficient (Wildman–Crippen LogP) is 1.54. The van der Waals surface area contributed by atoms with Crippen LogP contribution in [0.15, 0.2) is 12.5 Å². The van der Waals surface area contributed by atoms with Gasteiger partial charge in [-0.1, -0.05) is 11.6 Å². The van der Waals surface area contributed by atoms with Crippen LogP contribution < -0.4 is 0 Å². The fourth-order valence-electron chi connectivity index (χ4n) is 0.279. The van der Waals surface area contributed by atoms with Crippen molar-refractivity contribution in [1.29, 1.82) is 0 Å². The standard InChI is InChI=1S/C3H2Cl2N2/c4-3-1-7(5)2-6-3/h1-2H. The van der Waals surface area contributed by atoms with Crippen molar-refractivity contribution in [2.24, 2.45) is 0 Å². The molecule has 0 saturated heterocycles. The van der Waals surface area contributed by atoms with Crippen molar-refractivity contribution in [2.75, 3.05) is 0 Å². The van der Waals surface area contributed by atoms with E-state index in [4.69, 9.17) is 23.4 Å². The fourth-order valence-corrected chi connectivity index (χ4v) is 0.614. The van der Waals surface area contributed by atoms with Gasteiger partial charge in [0.15, 0.2) is 0 Å². The van der Waals surface area contributed by atoms with Crippen LogP contribution in [0.2, 0.25) is 5.15 Å². The van der Waals surface area contributed by atoms with Gasteiger partial charge in [0, 0.05) is 11.8 Å². The molecule has 1 rings (SSSR count). The molecular formula is C3H2Cl2N2. The zero-order valence-corrected chi connectivity index (χ0v) is 4.82. The first-order valence-electron chi connectivity index (χ1n) is 1.64. The minimum Gasteiger partial charge on any atom is -0.247 e. The molecule has 0 saturated carbocycles. The minimum atomic E-state index is 0.412. The monoisotopic (exact) mass is 136 g/mol. The van der Waals surface area contributed by atoms with E-state index in [2.05, 4.69) is 4.98 Å². The van der Waals surface area contributed by atoms with Gasteiger partial charge in [0.05, 0.1) is 6.20 Å². The first-order chi connectivity index (χ1) is 3.29. The zero-order valence-electron chi connectivity index (χ0n) is 3.31. The molecule has 0 amide bonds. The number of aromatic nitrogens is 2. The van der Waals surface area contributed by atoms with Crippen molar-refractivity contribution in [3.8, 4) is 0 Å². The Balaban J connectivity index is 3.04. The van der Waals surface area contributed by atoms with E-state index >= 15 is 0 Å². The highest BCUT2D eigenvalue weighted by atomic mass is 35.5. The number of hydrogen-bond acceptors (Lipinski definition) is 1. The summed E-state index contributed by atoms with van der Waals surface area (Å²) >= 11 is 10.7. The summed E-state index contributed by atoms with van der Waals surface area (Å²) in [5.41, 5.74) is 0. The van der Waals surface area contributed by atoms with Gasteiger partial charge in [-0.25, -0.2) is 9.07 Å². The number of hydrogen-bond donors (Lipinski definition) is 0. The van der Waals surface area contributed by atoms with E-state index in [1.54, 1.807) is 0 Å². The van der Waals surface area contributed by atoms with Gasteiger partial charge in [-0.15, -0.1) is 0 Å². The average Bonchev–Trinajstić information content (AvgIpc) is 1.87. The summed E-state index contributed by atoms with van der Waals surface area (Å²) in [4.78, 5) is 3.61. The summed E-state index contributed by atoms with van der Waals surface area (Å²) in [5, 5.41) is 0.412. The lowest BCUT2D eigenvalue weighted by atomic mass is 11.0. The Labute approximate surface area is 50.8 Å². The van der Waals surface area contributed by atoms with Crippen LogP contribution in [0.3, 0.4) is 0 Å². The number of nitrogens with zero attached hydrogens (tertiary/aromatic N) is 2.